The van der Waals surface area contributed by atoms with Crippen LogP contribution in [-0.2, 0) is 9.59 Å². The SMILES string of the molecule is CC(CCN)C(=O)N1CCC2(CC1)NC(=O)NC2=O. The molecule has 7 heteroatoms. The molecular formula is C12H20N4O3. The van der Waals surface area contributed by atoms with E-state index >= 15 is 0 Å². The normalized spacial score (nSPS) is 23.2. The standard InChI is InChI=1S/C12H20N4O3/c1-8(2-5-13)9(17)16-6-3-12(4-7-16)10(18)14-11(19)15-12/h8H,2-7,13H2,1H3,(H2,14,15,18,19). The third-order valence-corrected chi connectivity index (χ3v) is 3.96. The van der Waals surface area contributed by atoms with Gasteiger partial charge in [-0.05, 0) is 25.8 Å². The van der Waals surface area contributed by atoms with Gasteiger partial charge in [0.05, 0.1) is 0 Å². The summed E-state index contributed by atoms with van der Waals surface area (Å²) in [5.41, 5.74) is 4.64. The van der Waals surface area contributed by atoms with Crippen molar-refractivity contribution in [2.24, 2.45) is 11.7 Å². The molecule has 2 rings (SSSR count). The summed E-state index contributed by atoms with van der Waals surface area (Å²) in [4.78, 5) is 36.8. The predicted octanol–water partition coefficient (Wildman–Crippen LogP) is -0.828. The fourth-order valence-electron chi connectivity index (χ4n) is 2.67. The Morgan fingerprint density at radius 3 is 2.53 bits per heavy atom. The van der Waals surface area contributed by atoms with Crippen molar-refractivity contribution in [3.05, 3.63) is 0 Å². The summed E-state index contributed by atoms with van der Waals surface area (Å²) in [6, 6.07) is -0.443. The van der Waals surface area contributed by atoms with E-state index in [1.807, 2.05) is 6.92 Å². The van der Waals surface area contributed by atoms with Crippen molar-refractivity contribution in [2.45, 2.75) is 31.7 Å². The number of nitrogens with zero attached hydrogens (tertiary/aromatic N) is 1. The van der Waals surface area contributed by atoms with Crippen molar-refractivity contribution in [1.82, 2.24) is 15.5 Å². The van der Waals surface area contributed by atoms with Crippen LogP contribution in [0.25, 0.3) is 0 Å². The fourth-order valence-corrected chi connectivity index (χ4v) is 2.67. The van der Waals surface area contributed by atoms with E-state index in [0.29, 0.717) is 38.9 Å². The monoisotopic (exact) mass is 268 g/mol. The lowest BCUT2D eigenvalue weighted by molar-refractivity contribution is -0.139. The molecule has 0 saturated carbocycles. The van der Waals surface area contributed by atoms with E-state index in [4.69, 9.17) is 5.73 Å². The highest BCUT2D eigenvalue weighted by molar-refractivity contribution is 6.07. The number of nitrogens with one attached hydrogen (secondary N) is 2. The van der Waals surface area contributed by atoms with Crippen LogP contribution in [0.2, 0.25) is 0 Å². The third kappa shape index (κ3) is 2.56. The molecule has 0 aromatic heterocycles. The van der Waals surface area contributed by atoms with Crippen molar-refractivity contribution >= 4 is 17.8 Å². The second kappa shape index (κ2) is 5.16. The maximum Gasteiger partial charge on any atom is 0.322 e. The molecule has 0 bridgehead atoms. The van der Waals surface area contributed by atoms with Gasteiger partial charge >= 0.3 is 6.03 Å². The molecule has 2 heterocycles. The zero-order valence-corrected chi connectivity index (χ0v) is 11.1. The minimum Gasteiger partial charge on any atom is -0.342 e. The Labute approximate surface area is 111 Å². The first-order valence-electron chi connectivity index (χ1n) is 6.61. The number of amides is 4. The van der Waals surface area contributed by atoms with Crippen molar-refractivity contribution in [3.63, 3.8) is 0 Å². The largest absolute Gasteiger partial charge is 0.342 e. The molecule has 0 aromatic carbocycles. The van der Waals surface area contributed by atoms with Crippen LogP contribution in [0.15, 0.2) is 0 Å². The number of hydrogen-bond donors (Lipinski definition) is 3. The number of nitrogens with two attached hydrogens (primary N) is 1. The summed E-state index contributed by atoms with van der Waals surface area (Å²) in [5.74, 6) is -0.296. The summed E-state index contributed by atoms with van der Waals surface area (Å²) in [6.45, 7) is 3.33. The van der Waals surface area contributed by atoms with Gasteiger partial charge in [0.1, 0.15) is 5.54 Å². The van der Waals surface area contributed by atoms with E-state index in [1.54, 1.807) is 4.90 Å². The quantitative estimate of drug-likeness (QED) is 0.581. The molecule has 1 atom stereocenters. The Morgan fingerprint density at radius 1 is 1.42 bits per heavy atom. The maximum absolute atomic E-state index is 12.1. The van der Waals surface area contributed by atoms with Crippen LogP contribution in [0.3, 0.4) is 0 Å². The summed E-state index contributed by atoms with van der Waals surface area (Å²) >= 11 is 0. The third-order valence-electron chi connectivity index (χ3n) is 3.96. The average molecular weight is 268 g/mol. The number of carbonyl (C=O) groups excluding carboxylic acids is 3. The van der Waals surface area contributed by atoms with E-state index in [1.165, 1.54) is 0 Å². The number of rotatable bonds is 3. The van der Waals surface area contributed by atoms with Crippen LogP contribution in [-0.4, -0.2) is 47.9 Å². The molecule has 0 aromatic rings. The van der Waals surface area contributed by atoms with Crippen LogP contribution in [0, 0.1) is 5.92 Å². The van der Waals surface area contributed by atoms with Crippen molar-refractivity contribution < 1.29 is 14.4 Å². The molecule has 2 fully saturated rings. The van der Waals surface area contributed by atoms with Gasteiger partial charge in [-0.25, -0.2) is 4.79 Å². The highest BCUT2D eigenvalue weighted by Crippen LogP contribution is 2.26. The second-order valence-corrected chi connectivity index (χ2v) is 5.29. The van der Waals surface area contributed by atoms with E-state index < -0.39 is 11.6 Å². The molecule has 0 radical (unpaired) electrons. The first-order chi connectivity index (χ1) is 8.98. The molecule has 2 aliphatic heterocycles. The number of imide groups is 1. The molecule has 106 valence electrons. The highest BCUT2D eigenvalue weighted by Gasteiger charge is 2.48. The van der Waals surface area contributed by atoms with E-state index in [-0.39, 0.29) is 17.7 Å². The smallest absolute Gasteiger partial charge is 0.322 e. The predicted molar refractivity (Wildman–Crippen MR) is 68.1 cm³/mol. The molecule has 2 aliphatic rings. The molecule has 4 N–H and O–H groups in total. The minimum atomic E-state index is -0.815. The lowest BCUT2D eigenvalue weighted by atomic mass is 9.87. The first kappa shape index (κ1) is 13.8. The molecule has 19 heavy (non-hydrogen) atoms. The fraction of sp³-hybridized carbons (Fsp3) is 0.750. The van der Waals surface area contributed by atoms with Gasteiger partial charge < -0.3 is 16.0 Å². The van der Waals surface area contributed by atoms with E-state index in [2.05, 4.69) is 10.6 Å². The average Bonchev–Trinajstić information content (AvgIpc) is 2.64. The number of hydrogen-bond acceptors (Lipinski definition) is 4. The molecule has 0 aliphatic carbocycles. The Hall–Kier alpha value is -1.63. The highest BCUT2D eigenvalue weighted by atomic mass is 16.2. The topological polar surface area (TPSA) is 105 Å². The zero-order chi connectivity index (χ0) is 14.0. The van der Waals surface area contributed by atoms with Gasteiger partial charge in [-0.15, -0.1) is 0 Å². The Kier molecular flexibility index (Phi) is 3.75. The van der Waals surface area contributed by atoms with Gasteiger partial charge in [0, 0.05) is 19.0 Å². The molecule has 1 unspecified atom stereocenters. The lowest BCUT2D eigenvalue weighted by Gasteiger charge is -2.38. The van der Waals surface area contributed by atoms with E-state index in [0.717, 1.165) is 0 Å². The number of urea groups is 1. The second-order valence-electron chi connectivity index (χ2n) is 5.29. The van der Waals surface area contributed by atoms with Gasteiger partial charge in [0.2, 0.25) is 5.91 Å². The molecule has 2 saturated heterocycles. The van der Waals surface area contributed by atoms with Crippen LogP contribution >= 0.6 is 0 Å². The van der Waals surface area contributed by atoms with Gasteiger partial charge in [0.15, 0.2) is 0 Å². The van der Waals surface area contributed by atoms with Crippen molar-refractivity contribution in [2.75, 3.05) is 19.6 Å². The summed E-state index contributed by atoms with van der Waals surface area (Å²) in [5, 5.41) is 4.93. The van der Waals surface area contributed by atoms with Gasteiger partial charge in [-0.1, -0.05) is 6.92 Å². The Morgan fingerprint density at radius 2 is 2.05 bits per heavy atom. The van der Waals surface area contributed by atoms with Crippen LogP contribution in [0.5, 0.6) is 0 Å². The van der Waals surface area contributed by atoms with Crippen LogP contribution in [0.4, 0.5) is 4.79 Å². The van der Waals surface area contributed by atoms with E-state index in [9.17, 15) is 14.4 Å². The molecule has 7 nitrogen and oxygen atoms in total. The van der Waals surface area contributed by atoms with Crippen molar-refractivity contribution in [3.8, 4) is 0 Å². The summed E-state index contributed by atoms with van der Waals surface area (Å²) in [6.07, 6.45) is 1.59. The summed E-state index contributed by atoms with van der Waals surface area (Å²) < 4.78 is 0. The molecule has 4 amide bonds. The van der Waals surface area contributed by atoms with Gasteiger partial charge in [-0.3, -0.25) is 14.9 Å². The molecular weight excluding hydrogens is 248 g/mol. The van der Waals surface area contributed by atoms with Gasteiger partial charge in [-0.2, -0.15) is 0 Å². The van der Waals surface area contributed by atoms with Gasteiger partial charge in [0.25, 0.3) is 5.91 Å². The Balaban J connectivity index is 1.94. The summed E-state index contributed by atoms with van der Waals surface area (Å²) in [7, 11) is 0. The Bertz CT molecular complexity index is 402. The minimum absolute atomic E-state index is 0.0741. The number of likely N-dealkylation sites (tertiary alicyclic amines) is 1. The first-order valence-corrected chi connectivity index (χ1v) is 6.61. The van der Waals surface area contributed by atoms with Crippen molar-refractivity contribution in [1.29, 1.82) is 0 Å². The zero-order valence-electron chi connectivity index (χ0n) is 11.1. The maximum atomic E-state index is 12.1. The lowest BCUT2D eigenvalue weighted by Crippen LogP contribution is -2.56. The number of piperidine rings is 1. The number of carbonyl (C=O) groups is 3. The van der Waals surface area contributed by atoms with Crippen LogP contribution in [0.1, 0.15) is 26.2 Å². The molecule has 1 spiro atoms. The van der Waals surface area contributed by atoms with Crippen LogP contribution < -0.4 is 16.4 Å².